The number of benzene rings is 1. The highest BCUT2D eigenvalue weighted by Gasteiger charge is 2.26. The van der Waals surface area contributed by atoms with Crippen molar-refractivity contribution in [1.82, 2.24) is 4.98 Å². The summed E-state index contributed by atoms with van der Waals surface area (Å²) in [5.41, 5.74) is 1.82. The van der Waals surface area contributed by atoms with Crippen LogP contribution in [0.25, 0.3) is 10.9 Å². The molecule has 0 atom stereocenters. The van der Waals surface area contributed by atoms with E-state index in [1.165, 1.54) is 0 Å². The SMILES string of the molecule is Cc1cc(C(=O)CCCC(F)(F)F)c2ccccc2n1. The number of rotatable bonds is 4. The fraction of sp³-hybridized carbons (Fsp3) is 0.333. The third kappa shape index (κ3) is 3.56. The number of hydrogen-bond acceptors (Lipinski definition) is 2. The van der Waals surface area contributed by atoms with Crippen LogP contribution in [0, 0.1) is 6.92 Å². The van der Waals surface area contributed by atoms with Crippen LogP contribution in [0.5, 0.6) is 0 Å². The quantitative estimate of drug-likeness (QED) is 0.774. The standard InChI is InChI=1S/C15H14F3NO/c1-10-9-12(11-5-2-3-6-13(11)19-10)14(20)7-4-8-15(16,17)18/h2-3,5-6,9H,4,7-8H2,1H3. The molecule has 1 aromatic carbocycles. The van der Waals surface area contributed by atoms with Crippen LogP contribution in [0.3, 0.4) is 0 Å². The van der Waals surface area contributed by atoms with E-state index in [1.54, 1.807) is 31.2 Å². The zero-order chi connectivity index (χ0) is 14.8. The number of fused-ring (bicyclic) bond motifs is 1. The zero-order valence-electron chi connectivity index (χ0n) is 11.0. The van der Waals surface area contributed by atoms with E-state index in [0.717, 1.165) is 0 Å². The average Bonchev–Trinajstić information content (AvgIpc) is 2.36. The van der Waals surface area contributed by atoms with Gasteiger partial charge in [0.25, 0.3) is 0 Å². The Balaban J connectivity index is 2.22. The predicted octanol–water partition coefficient (Wildman–Crippen LogP) is 4.46. The van der Waals surface area contributed by atoms with E-state index in [1.807, 2.05) is 6.07 Å². The van der Waals surface area contributed by atoms with Gasteiger partial charge in [-0.05, 0) is 25.5 Å². The molecule has 0 bridgehead atoms. The second-order valence-electron chi connectivity index (χ2n) is 4.72. The van der Waals surface area contributed by atoms with E-state index in [0.29, 0.717) is 22.2 Å². The Morgan fingerprint density at radius 3 is 2.65 bits per heavy atom. The minimum atomic E-state index is -4.21. The van der Waals surface area contributed by atoms with E-state index in [4.69, 9.17) is 0 Å². The Bertz CT molecular complexity index is 635. The van der Waals surface area contributed by atoms with Gasteiger partial charge in [0.2, 0.25) is 0 Å². The van der Waals surface area contributed by atoms with Crippen LogP contribution >= 0.6 is 0 Å². The maximum absolute atomic E-state index is 12.1. The summed E-state index contributed by atoms with van der Waals surface area (Å²) in [5.74, 6) is -0.268. The number of aromatic nitrogens is 1. The Kier molecular flexibility index (Phi) is 4.06. The van der Waals surface area contributed by atoms with Gasteiger partial charge in [-0.3, -0.25) is 9.78 Å². The van der Waals surface area contributed by atoms with E-state index < -0.39 is 12.6 Å². The summed E-state index contributed by atoms with van der Waals surface area (Å²) in [6.45, 7) is 1.76. The number of nitrogens with zero attached hydrogens (tertiary/aromatic N) is 1. The predicted molar refractivity (Wildman–Crippen MR) is 70.7 cm³/mol. The van der Waals surface area contributed by atoms with Crippen molar-refractivity contribution >= 4 is 16.7 Å². The molecule has 0 N–H and O–H groups in total. The van der Waals surface area contributed by atoms with Gasteiger partial charge in [-0.2, -0.15) is 13.2 Å². The number of hydrogen-bond donors (Lipinski definition) is 0. The lowest BCUT2D eigenvalue weighted by Gasteiger charge is -2.08. The van der Waals surface area contributed by atoms with Crippen LogP contribution in [-0.2, 0) is 0 Å². The number of carbonyl (C=O) groups excluding carboxylic acids is 1. The first-order chi connectivity index (χ1) is 9.37. The summed E-state index contributed by atoms with van der Waals surface area (Å²) in [6.07, 6.45) is -5.43. The normalized spacial score (nSPS) is 11.8. The summed E-state index contributed by atoms with van der Waals surface area (Å²) in [7, 11) is 0. The number of pyridine rings is 1. The lowest BCUT2D eigenvalue weighted by atomic mass is 10.0. The summed E-state index contributed by atoms with van der Waals surface area (Å²) < 4.78 is 36.3. The van der Waals surface area contributed by atoms with E-state index in [9.17, 15) is 18.0 Å². The maximum Gasteiger partial charge on any atom is 0.389 e. The fourth-order valence-electron chi connectivity index (χ4n) is 2.12. The molecule has 0 aliphatic rings. The molecule has 0 fully saturated rings. The Labute approximate surface area is 114 Å². The number of halogens is 3. The van der Waals surface area contributed by atoms with Crippen LogP contribution in [0.4, 0.5) is 13.2 Å². The summed E-state index contributed by atoms with van der Waals surface area (Å²) in [6, 6.07) is 8.78. The molecule has 0 unspecified atom stereocenters. The molecule has 1 heterocycles. The van der Waals surface area contributed by atoms with Gasteiger partial charge in [0.05, 0.1) is 5.52 Å². The van der Waals surface area contributed by atoms with Crippen LogP contribution in [0.1, 0.15) is 35.3 Å². The number of para-hydroxylation sites is 1. The Morgan fingerprint density at radius 2 is 1.95 bits per heavy atom. The summed E-state index contributed by atoms with van der Waals surface area (Å²) >= 11 is 0. The largest absolute Gasteiger partial charge is 0.389 e. The van der Waals surface area contributed by atoms with Gasteiger partial charge >= 0.3 is 6.18 Å². The molecule has 106 valence electrons. The van der Waals surface area contributed by atoms with Crippen molar-refractivity contribution in [2.75, 3.05) is 0 Å². The maximum atomic E-state index is 12.1. The number of Topliss-reactive ketones (excluding diaryl/α,β-unsaturated/α-hetero) is 1. The first-order valence-corrected chi connectivity index (χ1v) is 6.33. The van der Waals surface area contributed by atoms with Crippen molar-refractivity contribution < 1.29 is 18.0 Å². The third-order valence-corrected chi connectivity index (χ3v) is 3.01. The number of carbonyl (C=O) groups is 1. The van der Waals surface area contributed by atoms with Gasteiger partial charge < -0.3 is 0 Å². The lowest BCUT2D eigenvalue weighted by molar-refractivity contribution is -0.135. The summed E-state index contributed by atoms with van der Waals surface area (Å²) in [4.78, 5) is 16.4. The van der Waals surface area contributed by atoms with Crippen LogP contribution in [0.15, 0.2) is 30.3 Å². The highest BCUT2D eigenvalue weighted by atomic mass is 19.4. The molecule has 0 saturated carbocycles. The molecular formula is C15H14F3NO. The molecule has 2 rings (SSSR count). The monoisotopic (exact) mass is 281 g/mol. The molecule has 0 saturated heterocycles. The Morgan fingerprint density at radius 1 is 1.25 bits per heavy atom. The topological polar surface area (TPSA) is 30.0 Å². The van der Waals surface area contributed by atoms with Crippen molar-refractivity contribution in [1.29, 1.82) is 0 Å². The molecule has 0 aliphatic heterocycles. The molecule has 20 heavy (non-hydrogen) atoms. The Hall–Kier alpha value is -1.91. The average molecular weight is 281 g/mol. The number of aryl methyl sites for hydroxylation is 1. The second-order valence-corrected chi connectivity index (χ2v) is 4.72. The van der Waals surface area contributed by atoms with Gasteiger partial charge in [0.1, 0.15) is 0 Å². The second kappa shape index (κ2) is 5.61. The molecule has 0 amide bonds. The van der Waals surface area contributed by atoms with Gasteiger partial charge in [-0.1, -0.05) is 18.2 Å². The number of alkyl halides is 3. The molecule has 2 nitrogen and oxygen atoms in total. The molecule has 0 spiro atoms. The molecule has 5 heteroatoms. The summed E-state index contributed by atoms with van der Waals surface area (Å²) in [5, 5.41) is 0.690. The van der Waals surface area contributed by atoms with Crippen molar-refractivity contribution in [2.45, 2.75) is 32.4 Å². The van der Waals surface area contributed by atoms with E-state index in [-0.39, 0.29) is 18.6 Å². The van der Waals surface area contributed by atoms with Gasteiger partial charge in [0.15, 0.2) is 5.78 Å². The fourth-order valence-corrected chi connectivity index (χ4v) is 2.12. The smallest absolute Gasteiger partial charge is 0.294 e. The van der Waals surface area contributed by atoms with Gasteiger partial charge in [0, 0.05) is 29.5 Å². The van der Waals surface area contributed by atoms with Crippen LogP contribution in [-0.4, -0.2) is 16.9 Å². The lowest BCUT2D eigenvalue weighted by Crippen LogP contribution is -2.09. The number of ketones is 1. The zero-order valence-corrected chi connectivity index (χ0v) is 11.0. The van der Waals surface area contributed by atoms with Crippen molar-refractivity contribution in [3.8, 4) is 0 Å². The first kappa shape index (κ1) is 14.5. The molecule has 1 aromatic heterocycles. The third-order valence-electron chi connectivity index (χ3n) is 3.01. The minimum absolute atomic E-state index is 0.104. The molecular weight excluding hydrogens is 267 g/mol. The minimum Gasteiger partial charge on any atom is -0.294 e. The van der Waals surface area contributed by atoms with Crippen molar-refractivity contribution in [2.24, 2.45) is 0 Å². The first-order valence-electron chi connectivity index (χ1n) is 6.33. The van der Waals surface area contributed by atoms with E-state index >= 15 is 0 Å². The van der Waals surface area contributed by atoms with E-state index in [2.05, 4.69) is 4.98 Å². The highest BCUT2D eigenvalue weighted by Crippen LogP contribution is 2.24. The highest BCUT2D eigenvalue weighted by molar-refractivity contribution is 6.07. The van der Waals surface area contributed by atoms with Gasteiger partial charge in [-0.25, -0.2) is 0 Å². The van der Waals surface area contributed by atoms with Gasteiger partial charge in [-0.15, -0.1) is 0 Å². The van der Waals surface area contributed by atoms with Crippen molar-refractivity contribution in [3.05, 3.63) is 41.6 Å². The molecule has 0 aliphatic carbocycles. The molecule has 2 aromatic rings. The van der Waals surface area contributed by atoms with Crippen molar-refractivity contribution in [3.63, 3.8) is 0 Å². The van der Waals surface area contributed by atoms with Crippen LogP contribution < -0.4 is 0 Å². The molecule has 0 radical (unpaired) electrons. The van der Waals surface area contributed by atoms with Crippen LogP contribution in [0.2, 0.25) is 0 Å².